The summed E-state index contributed by atoms with van der Waals surface area (Å²) in [6.07, 6.45) is -2.36. The highest BCUT2D eigenvalue weighted by molar-refractivity contribution is 5.67. The van der Waals surface area contributed by atoms with Crippen LogP contribution in [0.4, 0.5) is 0 Å². The number of aliphatic hydroxyl groups is 1. The Morgan fingerprint density at radius 3 is 2.61 bits per heavy atom. The summed E-state index contributed by atoms with van der Waals surface area (Å²) in [6, 6.07) is 0. The van der Waals surface area contributed by atoms with Crippen molar-refractivity contribution in [1.82, 2.24) is 0 Å². The van der Waals surface area contributed by atoms with Crippen molar-refractivity contribution in [1.29, 1.82) is 0 Å². The molecule has 102 valence electrons. The molecule has 0 spiro atoms. The second kappa shape index (κ2) is 4.81. The van der Waals surface area contributed by atoms with Crippen LogP contribution >= 0.6 is 0 Å². The molecule has 8 nitrogen and oxygen atoms in total. The SMILES string of the molecule is CC(=O)OO[C@@]1(OC(C)=O)CO[C@@H]2[C@H](O)CO[C@@H]21. The molecule has 0 saturated carbocycles. The molecular weight excluding hydrogens is 248 g/mol. The summed E-state index contributed by atoms with van der Waals surface area (Å²) in [5.74, 6) is -3.01. The van der Waals surface area contributed by atoms with Gasteiger partial charge in [0, 0.05) is 13.8 Å². The topological polar surface area (TPSA) is 101 Å². The Balaban J connectivity index is 2.15. The number of fused-ring (bicyclic) bond motifs is 1. The molecule has 2 rings (SSSR count). The Kier molecular flexibility index (Phi) is 3.53. The summed E-state index contributed by atoms with van der Waals surface area (Å²) in [5.41, 5.74) is 0. The van der Waals surface area contributed by atoms with Crippen molar-refractivity contribution in [2.75, 3.05) is 13.2 Å². The molecule has 2 fully saturated rings. The zero-order valence-electron chi connectivity index (χ0n) is 9.95. The van der Waals surface area contributed by atoms with Crippen molar-refractivity contribution in [2.24, 2.45) is 0 Å². The number of carbonyl (C=O) groups is 2. The first-order valence-electron chi connectivity index (χ1n) is 5.42. The first-order valence-corrected chi connectivity index (χ1v) is 5.42. The van der Waals surface area contributed by atoms with Crippen LogP contribution in [0.25, 0.3) is 0 Å². The van der Waals surface area contributed by atoms with Gasteiger partial charge in [-0.2, -0.15) is 0 Å². The number of hydrogen-bond acceptors (Lipinski definition) is 8. The molecule has 0 aromatic heterocycles. The molecule has 0 bridgehead atoms. The fourth-order valence-electron chi connectivity index (χ4n) is 2.01. The minimum Gasteiger partial charge on any atom is -0.424 e. The van der Waals surface area contributed by atoms with E-state index in [1.165, 1.54) is 6.92 Å². The van der Waals surface area contributed by atoms with Gasteiger partial charge in [-0.3, -0.25) is 9.68 Å². The van der Waals surface area contributed by atoms with Gasteiger partial charge >= 0.3 is 17.7 Å². The van der Waals surface area contributed by atoms with E-state index in [9.17, 15) is 14.7 Å². The third-order valence-electron chi connectivity index (χ3n) is 2.65. The number of carbonyl (C=O) groups excluding carboxylic acids is 2. The van der Waals surface area contributed by atoms with Crippen molar-refractivity contribution >= 4 is 11.9 Å². The summed E-state index contributed by atoms with van der Waals surface area (Å²) >= 11 is 0. The van der Waals surface area contributed by atoms with Crippen molar-refractivity contribution in [3.05, 3.63) is 0 Å². The maximum absolute atomic E-state index is 11.1. The van der Waals surface area contributed by atoms with E-state index in [1.54, 1.807) is 0 Å². The third kappa shape index (κ3) is 2.32. The number of rotatable bonds is 3. The second-order valence-corrected chi connectivity index (χ2v) is 4.16. The van der Waals surface area contributed by atoms with E-state index in [0.717, 1.165) is 6.92 Å². The lowest BCUT2D eigenvalue weighted by Crippen LogP contribution is -2.49. The van der Waals surface area contributed by atoms with Gasteiger partial charge in [-0.25, -0.2) is 4.79 Å². The normalized spacial score (nSPS) is 38.3. The maximum atomic E-state index is 11.1. The van der Waals surface area contributed by atoms with Crippen LogP contribution in [0.3, 0.4) is 0 Å². The van der Waals surface area contributed by atoms with Gasteiger partial charge < -0.3 is 19.3 Å². The smallest absolute Gasteiger partial charge is 0.339 e. The molecule has 1 N–H and O–H groups in total. The maximum Gasteiger partial charge on any atom is 0.339 e. The summed E-state index contributed by atoms with van der Waals surface area (Å²) in [6.45, 7) is 2.16. The van der Waals surface area contributed by atoms with Crippen LogP contribution in [0.15, 0.2) is 0 Å². The van der Waals surface area contributed by atoms with E-state index in [1.807, 2.05) is 0 Å². The highest BCUT2D eigenvalue weighted by Gasteiger charge is 2.62. The molecule has 18 heavy (non-hydrogen) atoms. The van der Waals surface area contributed by atoms with Crippen LogP contribution in [0.5, 0.6) is 0 Å². The summed E-state index contributed by atoms with van der Waals surface area (Å²) in [5, 5.41) is 9.59. The Morgan fingerprint density at radius 1 is 1.28 bits per heavy atom. The first kappa shape index (κ1) is 13.2. The molecule has 2 saturated heterocycles. The van der Waals surface area contributed by atoms with E-state index in [4.69, 9.17) is 19.1 Å². The van der Waals surface area contributed by atoms with Gasteiger partial charge in [0.1, 0.15) is 18.8 Å². The lowest BCUT2D eigenvalue weighted by molar-refractivity contribution is -0.406. The summed E-state index contributed by atoms with van der Waals surface area (Å²) in [7, 11) is 0. The third-order valence-corrected chi connectivity index (χ3v) is 2.65. The van der Waals surface area contributed by atoms with Gasteiger partial charge in [-0.1, -0.05) is 0 Å². The Labute approximate surface area is 103 Å². The zero-order chi connectivity index (χ0) is 13.3. The van der Waals surface area contributed by atoms with Gasteiger partial charge in [-0.05, 0) is 0 Å². The van der Waals surface area contributed by atoms with Crippen LogP contribution in [-0.2, 0) is 33.6 Å². The highest BCUT2D eigenvalue weighted by Crippen LogP contribution is 2.38. The van der Waals surface area contributed by atoms with Gasteiger partial charge in [0.15, 0.2) is 6.10 Å². The molecule has 8 heteroatoms. The monoisotopic (exact) mass is 262 g/mol. The van der Waals surface area contributed by atoms with E-state index >= 15 is 0 Å². The molecule has 0 aliphatic carbocycles. The van der Waals surface area contributed by atoms with Crippen LogP contribution in [0, 0.1) is 0 Å². The fraction of sp³-hybridized carbons (Fsp3) is 0.800. The van der Waals surface area contributed by atoms with Crippen LogP contribution in [0.2, 0.25) is 0 Å². The molecule has 0 amide bonds. The van der Waals surface area contributed by atoms with Crippen molar-refractivity contribution in [3.63, 3.8) is 0 Å². The molecule has 0 aromatic rings. The van der Waals surface area contributed by atoms with E-state index in [-0.39, 0.29) is 13.2 Å². The van der Waals surface area contributed by atoms with Crippen molar-refractivity contribution in [3.8, 4) is 0 Å². The standard InChI is InChI=1S/C10H14O8/c1-5(11)16-10(18-17-6(2)12)4-15-8-7(13)3-14-9(8)10/h7-9,13H,3-4H2,1-2H3/t7-,8-,9+,10+/m1/s1. The molecule has 2 aliphatic rings. The van der Waals surface area contributed by atoms with E-state index < -0.39 is 36.0 Å². The van der Waals surface area contributed by atoms with Crippen molar-refractivity contribution in [2.45, 2.75) is 37.9 Å². The lowest BCUT2D eigenvalue weighted by atomic mass is 10.1. The molecule has 2 aliphatic heterocycles. The average Bonchev–Trinajstić information content (AvgIpc) is 2.79. The largest absolute Gasteiger partial charge is 0.424 e. The Bertz CT molecular complexity index is 356. The molecule has 0 unspecified atom stereocenters. The fourth-order valence-corrected chi connectivity index (χ4v) is 2.01. The summed E-state index contributed by atoms with van der Waals surface area (Å²) in [4.78, 5) is 31.2. The van der Waals surface area contributed by atoms with Crippen molar-refractivity contribution < 1.29 is 38.7 Å². The average molecular weight is 262 g/mol. The van der Waals surface area contributed by atoms with Gasteiger partial charge in [0.25, 0.3) is 0 Å². The number of ether oxygens (including phenoxy) is 3. The predicted molar refractivity (Wildman–Crippen MR) is 52.8 cm³/mol. The summed E-state index contributed by atoms with van der Waals surface area (Å²) < 4.78 is 15.6. The van der Waals surface area contributed by atoms with Crippen LogP contribution in [0.1, 0.15) is 13.8 Å². The van der Waals surface area contributed by atoms with Crippen LogP contribution in [-0.4, -0.2) is 54.4 Å². The minimum absolute atomic E-state index is 0.0295. The molecular formula is C10H14O8. The zero-order valence-corrected chi connectivity index (χ0v) is 9.95. The quantitative estimate of drug-likeness (QED) is 0.296. The van der Waals surface area contributed by atoms with Gasteiger partial charge in [0.2, 0.25) is 0 Å². The number of esters is 1. The molecule has 2 heterocycles. The number of hydrogen-bond donors (Lipinski definition) is 1. The second-order valence-electron chi connectivity index (χ2n) is 4.16. The first-order chi connectivity index (χ1) is 8.44. The highest BCUT2D eigenvalue weighted by atomic mass is 17.2. The Hall–Kier alpha value is -1.22. The predicted octanol–water partition coefficient (Wildman–Crippen LogP) is -1.10. The van der Waals surface area contributed by atoms with Gasteiger partial charge in [-0.15, -0.1) is 4.89 Å². The molecule has 4 atom stereocenters. The lowest BCUT2D eigenvalue weighted by Gasteiger charge is -2.28. The molecule has 0 aromatic carbocycles. The Morgan fingerprint density at radius 2 is 2.00 bits per heavy atom. The van der Waals surface area contributed by atoms with Crippen LogP contribution < -0.4 is 0 Å². The van der Waals surface area contributed by atoms with Gasteiger partial charge in [0.05, 0.1) is 6.61 Å². The minimum atomic E-state index is -1.67. The van der Waals surface area contributed by atoms with E-state index in [0.29, 0.717) is 0 Å². The molecule has 0 radical (unpaired) electrons. The number of aliphatic hydroxyl groups excluding tert-OH is 1. The van der Waals surface area contributed by atoms with E-state index in [2.05, 4.69) is 4.89 Å².